The van der Waals surface area contributed by atoms with Gasteiger partial charge in [-0.15, -0.1) is 0 Å². The van der Waals surface area contributed by atoms with E-state index in [-0.39, 0.29) is 11.1 Å². The van der Waals surface area contributed by atoms with E-state index in [0.29, 0.717) is 19.2 Å². The molecule has 0 aliphatic carbocycles. The molecule has 1 unspecified atom stereocenters. The number of rotatable bonds is 6. The van der Waals surface area contributed by atoms with Crippen LogP contribution in [0.2, 0.25) is 18.1 Å². The molecule has 1 atom stereocenters. The largest absolute Gasteiger partial charge is 0.461 e. The van der Waals surface area contributed by atoms with Gasteiger partial charge in [0.05, 0.1) is 18.9 Å². The number of nitrogens with zero attached hydrogens (tertiary/aromatic N) is 2. The minimum Gasteiger partial charge on any atom is -0.461 e. The van der Waals surface area contributed by atoms with E-state index in [1.165, 1.54) is 0 Å². The lowest BCUT2D eigenvalue weighted by Gasteiger charge is -2.36. The van der Waals surface area contributed by atoms with E-state index in [0.717, 1.165) is 25.4 Å². The van der Waals surface area contributed by atoms with Crippen LogP contribution in [0.4, 0.5) is 0 Å². The molecule has 7 heteroatoms. The van der Waals surface area contributed by atoms with Gasteiger partial charge in [-0.05, 0) is 24.2 Å². The summed E-state index contributed by atoms with van der Waals surface area (Å²) in [6.45, 7) is 14.5. The first-order valence-electron chi connectivity index (χ1n) is 8.19. The highest BCUT2D eigenvalue weighted by Crippen LogP contribution is 2.36. The minimum absolute atomic E-state index is 0.0551. The van der Waals surface area contributed by atoms with Crippen LogP contribution in [0.25, 0.3) is 0 Å². The van der Waals surface area contributed by atoms with Crippen LogP contribution in [-0.4, -0.2) is 50.7 Å². The van der Waals surface area contributed by atoms with Crippen molar-refractivity contribution in [2.24, 2.45) is 0 Å². The Labute approximate surface area is 140 Å². The molecule has 1 aromatic heterocycles. The Hall–Kier alpha value is -1.02. The summed E-state index contributed by atoms with van der Waals surface area (Å²) < 4.78 is 17.4. The van der Waals surface area contributed by atoms with E-state index in [9.17, 15) is 0 Å². The van der Waals surface area contributed by atoms with Gasteiger partial charge in [-0.1, -0.05) is 20.8 Å². The lowest BCUT2D eigenvalue weighted by Crippen LogP contribution is -2.41. The van der Waals surface area contributed by atoms with Gasteiger partial charge in [0.1, 0.15) is 12.7 Å². The fraction of sp³-hybridized carbons (Fsp3) is 0.750. The highest BCUT2D eigenvalue weighted by Gasteiger charge is 2.37. The highest BCUT2D eigenvalue weighted by molar-refractivity contribution is 6.74. The fourth-order valence-electron chi connectivity index (χ4n) is 1.89. The predicted octanol–water partition coefficient (Wildman–Crippen LogP) is 2.37. The van der Waals surface area contributed by atoms with Gasteiger partial charge in [0, 0.05) is 19.3 Å². The second-order valence-corrected chi connectivity index (χ2v) is 12.2. The van der Waals surface area contributed by atoms with Crippen LogP contribution >= 0.6 is 0 Å². The number of hydrogen-bond donors (Lipinski definition) is 1. The molecular weight excluding hydrogens is 310 g/mol. The van der Waals surface area contributed by atoms with E-state index in [1.54, 1.807) is 6.20 Å². The summed E-state index contributed by atoms with van der Waals surface area (Å²) in [6, 6.07) is 2.26. The zero-order valence-corrected chi connectivity index (χ0v) is 15.9. The van der Waals surface area contributed by atoms with Crippen LogP contribution < -0.4 is 10.1 Å². The maximum Gasteiger partial charge on any atom is 0.316 e. The Morgan fingerprint density at radius 1 is 1.39 bits per heavy atom. The first kappa shape index (κ1) is 18.3. The highest BCUT2D eigenvalue weighted by atomic mass is 28.4. The first-order chi connectivity index (χ1) is 10.8. The second-order valence-electron chi connectivity index (χ2n) is 7.39. The molecule has 0 aromatic carbocycles. The van der Waals surface area contributed by atoms with Gasteiger partial charge >= 0.3 is 6.01 Å². The standard InChI is InChI=1S/C16H29N3O3Si/c1-16(2,3)23(4,5)22-11-13-6-7-18-15(19-13)21-12-14-10-17-8-9-20-14/h6-7,14,17H,8-12H2,1-5H3. The predicted molar refractivity (Wildman–Crippen MR) is 92.1 cm³/mol. The quantitative estimate of drug-likeness (QED) is 0.803. The average Bonchev–Trinajstić information content (AvgIpc) is 2.51. The molecule has 2 heterocycles. The van der Waals surface area contributed by atoms with E-state index >= 15 is 0 Å². The van der Waals surface area contributed by atoms with E-state index in [1.807, 2.05) is 6.07 Å². The molecule has 0 amide bonds. The Morgan fingerprint density at radius 2 is 2.17 bits per heavy atom. The summed E-state index contributed by atoms with van der Waals surface area (Å²) in [5.74, 6) is 0. The second kappa shape index (κ2) is 7.70. The SMILES string of the molecule is CC(C)(C)[Si](C)(C)OCc1ccnc(OCC2CNCCO2)n1. The molecule has 1 N–H and O–H groups in total. The van der Waals surface area contributed by atoms with Crippen molar-refractivity contribution < 1.29 is 13.9 Å². The van der Waals surface area contributed by atoms with E-state index in [4.69, 9.17) is 13.9 Å². The van der Waals surface area contributed by atoms with Gasteiger partial charge in [0.2, 0.25) is 0 Å². The Kier molecular flexibility index (Phi) is 6.13. The maximum atomic E-state index is 6.19. The normalized spacial score (nSPS) is 19.6. The molecule has 130 valence electrons. The zero-order valence-electron chi connectivity index (χ0n) is 14.9. The van der Waals surface area contributed by atoms with Crippen LogP contribution in [0, 0.1) is 0 Å². The Bertz CT molecular complexity index is 500. The summed E-state index contributed by atoms with van der Waals surface area (Å²) in [4.78, 5) is 8.59. The van der Waals surface area contributed by atoms with Crippen LogP contribution in [0.5, 0.6) is 6.01 Å². The fourth-order valence-corrected chi connectivity index (χ4v) is 2.83. The van der Waals surface area contributed by atoms with Gasteiger partial charge in [0.25, 0.3) is 0 Å². The van der Waals surface area contributed by atoms with E-state index in [2.05, 4.69) is 49.1 Å². The molecule has 1 fully saturated rings. The molecule has 0 spiro atoms. The molecule has 23 heavy (non-hydrogen) atoms. The number of nitrogens with one attached hydrogen (secondary N) is 1. The molecular formula is C16H29N3O3Si. The summed E-state index contributed by atoms with van der Waals surface area (Å²) >= 11 is 0. The Morgan fingerprint density at radius 3 is 2.83 bits per heavy atom. The third-order valence-corrected chi connectivity index (χ3v) is 8.96. The summed E-state index contributed by atoms with van der Waals surface area (Å²) in [7, 11) is -1.78. The van der Waals surface area contributed by atoms with Crippen molar-refractivity contribution in [3.8, 4) is 6.01 Å². The molecule has 2 rings (SSSR count). The van der Waals surface area contributed by atoms with Crippen molar-refractivity contribution in [2.45, 2.75) is 51.6 Å². The molecule has 1 saturated heterocycles. The third kappa shape index (κ3) is 5.52. The summed E-state index contributed by atoms with van der Waals surface area (Å²) in [6.07, 6.45) is 1.77. The van der Waals surface area contributed by atoms with Crippen LogP contribution in [0.3, 0.4) is 0 Å². The van der Waals surface area contributed by atoms with Gasteiger partial charge in [-0.3, -0.25) is 0 Å². The van der Waals surface area contributed by atoms with Gasteiger partial charge < -0.3 is 19.2 Å². The van der Waals surface area contributed by atoms with Gasteiger partial charge in [0.15, 0.2) is 8.32 Å². The molecule has 1 aliphatic heterocycles. The lowest BCUT2D eigenvalue weighted by molar-refractivity contribution is -0.00187. The zero-order chi connectivity index (χ0) is 16.9. The average molecular weight is 340 g/mol. The molecule has 1 aromatic rings. The topological polar surface area (TPSA) is 65.5 Å². The number of aromatic nitrogens is 2. The number of ether oxygens (including phenoxy) is 2. The smallest absolute Gasteiger partial charge is 0.316 e. The minimum atomic E-state index is -1.78. The Balaban J connectivity index is 1.87. The van der Waals surface area contributed by atoms with Crippen molar-refractivity contribution in [3.63, 3.8) is 0 Å². The molecule has 6 nitrogen and oxygen atoms in total. The van der Waals surface area contributed by atoms with Gasteiger partial charge in [-0.25, -0.2) is 4.98 Å². The third-order valence-electron chi connectivity index (χ3n) is 4.48. The van der Waals surface area contributed by atoms with Crippen molar-refractivity contribution in [2.75, 3.05) is 26.3 Å². The van der Waals surface area contributed by atoms with Crippen molar-refractivity contribution >= 4 is 8.32 Å². The van der Waals surface area contributed by atoms with Crippen molar-refractivity contribution in [1.29, 1.82) is 0 Å². The molecule has 0 bridgehead atoms. The van der Waals surface area contributed by atoms with Crippen LogP contribution in [0.1, 0.15) is 26.5 Å². The van der Waals surface area contributed by atoms with Crippen molar-refractivity contribution in [3.05, 3.63) is 18.0 Å². The summed E-state index contributed by atoms with van der Waals surface area (Å²) in [5.41, 5.74) is 0.850. The van der Waals surface area contributed by atoms with Gasteiger partial charge in [-0.2, -0.15) is 4.98 Å². The summed E-state index contributed by atoms with van der Waals surface area (Å²) in [5, 5.41) is 3.46. The van der Waals surface area contributed by atoms with Crippen LogP contribution in [0.15, 0.2) is 12.3 Å². The molecule has 1 aliphatic rings. The lowest BCUT2D eigenvalue weighted by atomic mass is 10.2. The van der Waals surface area contributed by atoms with Crippen LogP contribution in [-0.2, 0) is 15.8 Å². The molecule has 0 saturated carbocycles. The number of hydrogen-bond acceptors (Lipinski definition) is 6. The maximum absolute atomic E-state index is 6.19. The number of morpholine rings is 1. The van der Waals surface area contributed by atoms with Crippen molar-refractivity contribution in [1.82, 2.24) is 15.3 Å². The monoisotopic (exact) mass is 339 g/mol. The molecule has 0 radical (unpaired) electrons. The first-order valence-corrected chi connectivity index (χ1v) is 11.1. The van der Waals surface area contributed by atoms with E-state index < -0.39 is 8.32 Å².